The Kier molecular flexibility index (Phi) is 5.23. The van der Waals surface area contributed by atoms with Crippen LogP contribution in [0.4, 0.5) is 0 Å². The molecule has 0 saturated carbocycles. The maximum atomic E-state index is 12.3. The lowest BCUT2D eigenvalue weighted by atomic mass is 10.2. The fraction of sp³-hybridized carbons (Fsp3) is 0.312. The van der Waals surface area contributed by atoms with E-state index in [1.165, 1.54) is 12.1 Å². The van der Waals surface area contributed by atoms with Gasteiger partial charge in [0, 0.05) is 18.4 Å². The van der Waals surface area contributed by atoms with Gasteiger partial charge >= 0.3 is 0 Å². The zero-order valence-corrected chi connectivity index (χ0v) is 14.1. The average Bonchev–Trinajstić information content (AvgIpc) is 3.00. The van der Waals surface area contributed by atoms with Gasteiger partial charge in [0.1, 0.15) is 5.76 Å². The molecule has 0 spiro atoms. The van der Waals surface area contributed by atoms with Crippen molar-refractivity contribution in [3.63, 3.8) is 0 Å². The Bertz CT molecular complexity index is 767. The number of nitrogens with one attached hydrogen (secondary N) is 1. The standard InChI is InChI=1S/C16H20N2O4S/c1-18(2)14(15-8-5-9-22-15)11-17-16(19)12-6-4-7-13(10-12)23(3,20)21/h4-10,14H,11H2,1-3H3,(H,17,19). The zero-order chi connectivity index (χ0) is 17.0. The second-order valence-corrected chi connectivity index (χ2v) is 7.52. The highest BCUT2D eigenvalue weighted by Gasteiger charge is 2.18. The van der Waals surface area contributed by atoms with E-state index < -0.39 is 9.84 Å². The molecule has 0 bridgehead atoms. The first-order valence-corrected chi connectivity index (χ1v) is 8.96. The number of furan rings is 1. The summed E-state index contributed by atoms with van der Waals surface area (Å²) in [4.78, 5) is 14.3. The van der Waals surface area contributed by atoms with Gasteiger partial charge in [-0.25, -0.2) is 8.42 Å². The van der Waals surface area contributed by atoms with E-state index in [1.807, 2.05) is 25.1 Å². The summed E-state index contributed by atoms with van der Waals surface area (Å²) in [6, 6.07) is 9.53. The zero-order valence-electron chi connectivity index (χ0n) is 13.3. The number of carbonyl (C=O) groups is 1. The molecule has 7 heteroatoms. The normalized spacial score (nSPS) is 13.0. The van der Waals surface area contributed by atoms with Crippen molar-refractivity contribution in [2.24, 2.45) is 0 Å². The van der Waals surface area contributed by atoms with E-state index >= 15 is 0 Å². The molecule has 1 atom stereocenters. The van der Waals surface area contributed by atoms with Crippen LogP contribution in [0.2, 0.25) is 0 Å². The lowest BCUT2D eigenvalue weighted by Crippen LogP contribution is -2.34. The first kappa shape index (κ1) is 17.2. The smallest absolute Gasteiger partial charge is 0.251 e. The minimum Gasteiger partial charge on any atom is -0.468 e. The Morgan fingerprint density at radius 2 is 2.00 bits per heavy atom. The average molecular weight is 336 g/mol. The van der Waals surface area contributed by atoms with Crippen molar-refractivity contribution in [2.45, 2.75) is 10.9 Å². The molecule has 0 aliphatic carbocycles. The lowest BCUT2D eigenvalue weighted by Gasteiger charge is -2.22. The van der Waals surface area contributed by atoms with Gasteiger partial charge in [-0.2, -0.15) is 0 Å². The molecule has 2 aromatic rings. The van der Waals surface area contributed by atoms with E-state index in [0.717, 1.165) is 12.0 Å². The molecule has 1 aromatic heterocycles. The molecular formula is C16H20N2O4S. The van der Waals surface area contributed by atoms with Crippen molar-refractivity contribution in [2.75, 3.05) is 26.9 Å². The van der Waals surface area contributed by atoms with Crippen molar-refractivity contribution in [3.05, 3.63) is 54.0 Å². The topological polar surface area (TPSA) is 79.6 Å². The highest BCUT2D eigenvalue weighted by molar-refractivity contribution is 7.90. The highest BCUT2D eigenvalue weighted by atomic mass is 32.2. The van der Waals surface area contributed by atoms with E-state index in [4.69, 9.17) is 4.42 Å². The molecule has 1 N–H and O–H groups in total. The molecule has 0 aliphatic heterocycles. The van der Waals surface area contributed by atoms with Crippen LogP contribution in [-0.4, -0.2) is 46.1 Å². The first-order chi connectivity index (χ1) is 10.8. The third-order valence-electron chi connectivity index (χ3n) is 3.48. The summed E-state index contributed by atoms with van der Waals surface area (Å²) in [5.74, 6) is 0.425. The van der Waals surface area contributed by atoms with Crippen molar-refractivity contribution < 1.29 is 17.6 Å². The molecular weight excluding hydrogens is 316 g/mol. The van der Waals surface area contributed by atoms with Crippen molar-refractivity contribution in [1.82, 2.24) is 10.2 Å². The van der Waals surface area contributed by atoms with E-state index in [-0.39, 0.29) is 16.8 Å². The Balaban J connectivity index is 2.10. The summed E-state index contributed by atoms with van der Waals surface area (Å²) >= 11 is 0. The number of amides is 1. The van der Waals surface area contributed by atoms with Gasteiger partial charge < -0.3 is 9.73 Å². The largest absolute Gasteiger partial charge is 0.468 e. The Morgan fingerprint density at radius 3 is 2.57 bits per heavy atom. The molecule has 1 unspecified atom stereocenters. The first-order valence-electron chi connectivity index (χ1n) is 7.07. The molecule has 1 amide bonds. The van der Waals surface area contributed by atoms with Gasteiger partial charge in [-0.1, -0.05) is 6.07 Å². The molecule has 1 aromatic carbocycles. The predicted octanol–water partition coefficient (Wildman–Crippen LogP) is 1.72. The highest BCUT2D eigenvalue weighted by Crippen LogP contribution is 2.18. The number of nitrogens with zero attached hydrogens (tertiary/aromatic N) is 1. The van der Waals surface area contributed by atoms with Crippen LogP contribution in [0.5, 0.6) is 0 Å². The molecule has 0 radical (unpaired) electrons. The van der Waals surface area contributed by atoms with Crippen LogP contribution in [0.1, 0.15) is 22.2 Å². The van der Waals surface area contributed by atoms with Gasteiger partial charge in [0.2, 0.25) is 0 Å². The fourth-order valence-corrected chi connectivity index (χ4v) is 2.84. The summed E-state index contributed by atoms with van der Waals surface area (Å²) in [6.45, 7) is 0.350. The molecule has 1 heterocycles. The molecule has 2 rings (SSSR count). The van der Waals surface area contributed by atoms with Gasteiger partial charge in [0.15, 0.2) is 9.84 Å². The monoisotopic (exact) mass is 336 g/mol. The van der Waals surface area contributed by atoms with Crippen molar-refractivity contribution >= 4 is 15.7 Å². The number of likely N-dealkylation sites (N-methyl/N-ethyl adjacent to an activating group) is 1. The number of hydrogen-bond acceptors (Lipinski definition) is 5. The Morgan fingerprint density at radius 1 is 1.26 bits per heavy atom. The van der Waals surface area contributed by atoms with E-state index in [9.17, 15) is 13.2 Å². The number of rotatable bonds is 6. The van der Waals surface area contributed by atoms with Crippen LogP contribution in [-0.2, 0) is 9.84 Å². The van der Waals surface area contributed by atoms with Crippen molar-refractivity contribution in [3.8, 4) is 0 Å². The molecule has 0 saturated heterocycles. The minimum atomic E-state index is -3.34. The van der Waals surface area contributed by atoms with Crippen molar-refractivity contribution in [1.29, 1.82) is 0 Å². The van der Waals surface area contributed by atoms with E-state index in [0.29, 0.717) is 12.1 Å². The summed E-state index contributed by atoms with van der Waals surface area (Å²) in [5, 5.41) is 2.81. The van der Waals surface area contributed by atoms with E-state index in [2.05, 4.69) is 5.32 Å². The second-order valence-electron chi connectivity index (χ2n) is 5.50. The van der Waals surface area contributed by atoms with Gasteiger partial charge in [-0.3, -0.25) is 9.69 Å². The van der Waals surface area contributed by atoms with Gasteiger partial charge in [-0.15, -0.1) is 0 Å². The summed E-state index contributed by atoms with van der Waals surface area (Å²) in [7, 11) is 0.443. The Hall–Kier alpha value is -2.12. The van der Waals surface area contributed by atoms with Crippen LogP contribution in [0.15, 0.2) is 52.0 Å². The maximum absolute atomic E-state index is 12.3. The second kappa shape index (κ2) is 6.97. The third kappa shape index (κ3) is 4.43. The summed E-state index contributed by atoms with van der Waals surface area (Å²) < 4.78 is 28.5. The molecule has 6 nitrogen and oxygen atoms in total. The minimum absolute atomic E-state index is 0.105. The molecule has 124 valence electrons. The number of benzene rings is 1. The molecule has 23 heavy (non-hydrogen) atoms. The SMILES string of the molecule is CN(C)C(CNC(=O)c1cccc(S(C)(=O)=O)c1)c1ccco1. The van der Waals surface area contributed by atoms with Gasteiger partial charge in [0.25, 0.3) is 5.91 Å². The fourth-order valence-electron chi connectivity index (χ4n) is 2.18. The van der Waals surface area contributed by atoms with Crippen LogP contribution in [0.25, 0.3) is 0 Å². The number of hydrogen-bond donors (Lipinski definition) is 1. The summed E-state index contributed by atoms with van der Waals surface area (Å²) in [6.07, 6.45) is 2.70. The van der Waals surface area contributed by atoms with Crippen LogP contribution in [0.3, 0.4) is 0 Å². The number of sulfone groups is 1. The van der Waals surface area contributed by atoms with Gasteiger partial charge in [0.05, 0.1) is 17.2 Å². The van der Waals surface area contributed by atoms with Crippen LogP contribution < -0.4 is 5.32 Å². The predicted molar refractivity (Wildman–Crippen MR) is 87.0 cm³/mol. The lowest BCUT2D eigenvalue weighted by molar-refractivity contribution is 0.0939. The summed E-state index contributed by atoms with van der Waals surface area (Å²) in [5.41, 5.74) is 0.310. The maximum Gasteiger partial charge on any atom is 0.251 e. The van der Waals surface area contributed by atoms with Crippen LogP contribution in [0, 0.1) is 0 Å². The molecule has 0 aliphatic rings. The third-order valence-corrected chi connectivity index (χ3v) is 4.59. The van der Waals surface area contributed by atoms with Gasteiger partial charge in [-0.05, 0) is 44.4 Å². The quantitative estimate of drug-likeness (QED) is 0.869. The van der Waals surface area contributed by atoms with Crippen LogP contribution >= 0.6 is 0 Å². The van der Waals surface area contributed by atoms with E-state index in [1.54, 1.807) is 24.5 Å². The molecule has 0 fully saturated rings. The number of carbonyl (C=O) groups excluding carboxylic acids is 1. The Labute approximate surface area is 136 Å².